The summed E-state index contributed by atoms with van der Waals surface area (Å²) < 4.78 is 23.9. The van der Waals surface area contributed by atoms with Gasteiger partial charge in [0, 0.05) is 0 Å². The van der Waals surface area contributed by atoms with Crippen LogP contribution in [0.4, 0.5) is 9.18 Å². The minimum Gasteiger partial charge on any atom is -0.489 e. The largest absolute Gasteiger partial charge is 0.489 e. The Morgan fingerprint density at radius 1 is 1.03 bits per heavy atom. The third-order valence-corrected chi connectivity index (χ3v) is 3.59. The van der Waals surface area contributed by atoms with Crippen LogP contribution >= 0.6 is 0 Å². The van der Waals surface area contributed by atoms with Crippen molar-refractivity contribution in [3.63, 3.8) is 0 Å². The Labute approximate surface area is 174 Å². The van der Waals surface area contributed by atoms with E-state index in [-0.39, 0.29) is 18.3 Å². The van der Waals surface area contributed by atoms with Gasteiger partial charge in [-0.15, -0.1) is 10.2 Å². The van der Waals surface area contributed by atoms with Gasteiger partial charge in [-0.25, -0.2) is 9.18 Å². The third kappa shape index (κ3) is 8.17. The van der Waals surface area contributed by atoms with Crippen LogP contribution in [-0.2, 0) is 11.3 Å². The first-order valence-corrected chi connectivity index (χ1v) is 9.22. The lowest BCUT2D eigenvalue weighted by Gasteiger charge is -2.19. The average Bonchev–Trinajstić information content (AvgIpc) is 2.66. The number of ether oxygens (including phenoxy) is 2. The highest BCUT2D eigenvalue weighted by molar-refractivity contribution is 6.03. The molecule has 2 aromatic rings. The Kier molecular flexibility index (Phi) is 7.74. The Morgan fingerprint density at radius 2 is 1.67 bits per heavy atom. The summed E-state index contributed by atoms with van der Waals surface area (Å²) in [5.41, 5.74) is 12.0. The molecule has 0 spiro atoms. The van der Waals surface area contributed by atoms with E-state index in [2.05, 4.69) is 15.5 Å². The van der Waals surface area contributed by atoms with Crippen molar-refractivity contribution in [2.75, 3.05) is 6.54 Å². The maximum atomic E-state index is 13.0. The van der Waals surface area contributed by atoms with Gasteiger partial charge in [0.2, 0.25) is 5.96 Å². The fourth-order valence-corrected chi connectivity index (χ4v) is 2.27. The minimum atomic E-state index is -0.620. The van der Waals surface area contributed by atoms with E-state index in [1.807, 2.05) is 0 Å². The number of amides is 1. The molecular weight excluding hydrogens is 389 g/mol. The van der Waals surface area contributed by atoms with Crippen molar-refractivity contribution >= 4 is 17.8 Å². The smallest absolute Gasteiger partial charge is 0.407 e. The van der Waals surface area contributed by atoms with Gasteiger partial charge < -0.3 is 26.3 Å². The summed E-state index contributed by atoms with van der Waals surface area (Å²) in [4.78, 5) is 11.9. The summed E-state index contributed by atoms with van der Waals surface area (Å²) in [7, 11) is 0. The number of nitrogens with one attached hydrogen (secondary N) is 1. The second kappa shape index (κ2) is 10.2. The summed E-state index contributed by atoms with van der Waals surface area (Å²) in [5.74, 6) is 0.115. The number of rotatable bonds is 7. The van der Waals surface area contributed by atoms with Crippen LogP contribution in [0.5, 0.6) is 5.75 Å². The van der Waals surface area contributed by atoms with Crippen molar-refractivity contribution < 1.29 is 18.7 Å². The lowest BCUT2D eigenvalue weighted by atomic mass is 10.1. The number of alkyl carbamates (subject to hydrolysis) is 1. The van der Waals surface area contributed by atoms with E-state index in [0.29, 0.717) is 23.6 Å². The number of nitrogens with zero attached hydrogens (tertiary/aromatic N) is 2. The molecule has 160 valence electrons. The summed E-state index contributed by atoms with van der Waals surface area (Å²) in [6.45, 7) is 5.67. The molecule has 0 saturated carbocycles. The molecule has 0 aromatic heterocycles. The fraction of sp³-hybridized carbons (Fsp3) is 0.286. The Hall–Kier alpha value is -3.62. The van der Waals surface area contributed by atoms with Gasteiger partial charge in [0.25, 0.3) is 0 Å². The van der Waals surface area contributed by atoms with Gasteiger partial charge in [-0.05, 0) is 68.3 Å². The average molecular weight is 415 g/mol. The maximum absolute atomic E-state index is 13.0. The SMILES string of the molecule is CC(C)(C)OC(=O)NC/C(=N\N=C(N)N)c1ccc(OCc2ccc(F)cc2)cc1. The van der Waals surface area contributed by atoms with Gasteiger partial charge in [0.1, 0.15) is 23.8 Å². The molecule has 0 radical (unpaired) electrons. The minimum absolute atomic E-state index is 0.0570. The van der Waals surface area contributed by atoms with Crippen molar-refractivity contribution in [2.45, 2.75) is 33.0 Å². The van der Waals surface area contributed by atoms with E-state index in [9.17, 15) is 9.18 Å². The number of hydrogen-bond donors (Lipinski definition) is 3. The molecule has 2 aromatic carbocycles. The first-order chi connectivity index (χ1) is 14.1. The molecule has 0 aliphatic carbocycles. The first-order valence-electron chi connectivity index (χ1n) is 9.22. The van der Waals surface area contributed by atoms with Crippen LogP contribution in [0.3, 0.4) is 0 Å². The summed E-state index contributed by atoms with van der Waals surface area (Å²) in [5, 5.41) is 10.3. The lowest BCUT2D eigenvalue weighted by molar-refractivity contribution is 0.0536. The zero-order valence-electron chi connectivity index (χ0n) is 17.2. The van der Waals surface area contributed by atoms with Crippen LogP contribution in [0.2, 0.25) is 0 Å². The molecule has 0 heterocycles. The van der Waals surface area contributed by atoms with Crippen LogP contribution < -0.4 is 21.5 Å². The van der Waals surface area contributed by atoms with E-state index < -0.39 is 11.7 Å². The second-order valence-corrected chi connectivity index (χ2v) is 7.37. The predicted octanol–water partition coefficient (Wildman–Crippen LogP) is 2.91. The molecule has 0 unspecified atom stereocenters. The van der Waals surface area contributed by atoms with Crippen molar-refractivity contribution in [3.8, 4) is 5.75 Å². The number of carbonyl (C=O) groups excluding carboxylic acids is 1. The number of benzene rings is 2. The van der Waals surface area contributed by atoms with Crippen LogP contribution in [0, 0.1) is 5.82 Å². The molecule has 0 saturated heterocycles. The van der Waals surface area contributed by atoms with Crippen LogP contribution in [0.15, 0.2) is 58.7 Å². The summed E-state index contributed by atoms with van der Waals surface area (Å²) in [6, 6.07) is 13.1. The lowest BCUT2D eigenvalue weighted by Crippen LogP contribution is -2.35. The number of halogens is 1. The number of hydrogen-bond acceptors (Lipinski definition) is 5. The number of carbonyl (C=O) groups is 1. The maximum Gasteiger partial charge on any atom is 0.407 e. The van der Waals surface area contributed by atoms with E-state index in [1.165, 1.54) is 12.1 Å². The van der Waals surface area contributed by atoms with Crippen molar-refractivity contribution in [2.24, 2.45) is 21.7 Å². The van der Waals surface area contributed by atoms with E-state index in [4.69, 9.17) is 20.9 Å². The van der Waals surface area contributed by atoms with Gasteiger partial charge in [0.15, 0.2) is 0 Å². The molecule has 0 bridgehead atoms. The quantitative estimate of drug-likeness (QED) is 0.364. The first kappa shape index (κ1) is 22.7. The van der Waals surface area contributed by atoms with Crippen molar-refractivity contribution in [1.82, 2.24) is 5.32 Å². The zero-order valence-corrected chi connectivity index (χ0v) is 17.2. The number of nitrogens with two attached hydrogens (primary N) is 2. The number of guanidine groups is 1. The topological polar surface area (TPSA) is 124 Å². The van der Waals surface area contributed by atoms with Crippen LogP contribution in [-0.4, -0.2) is 29.9 Å². The van der Waals surface area contributed by atoms with Gasteiger partial charge in [-0.3, -0.25) is 0 Å². The van der Waals surface area contributed by atoms with E-state index >= 15 is 0 Å². The molecular formula is C21H26FN5O3. The molecule has 0 aliphatic rings. The monoisotopic (exact) mass is 415 g/mol. The van der Waals surface area contributed by atoms with Gasteiger partial charge >= 0.3 is 6.09 Å². The zero-order chi connectivity index (χ0) is 22.1. The van der Waals surface area contributed by atoms with Crippen molar-refractivity contribution in [3.05, 3.63) is 65.5 Å². The highest BCUT2D eigenvalue weighted by Crippen LogP contribution is 2.15. The second-order valence-electron chi connectivity index (χ2n) is 7.37. The van der Waals surface area contributed by atoms with Gasteiger partial charge in [-0.2, -0.15) is 0 Å². The third-order valence-electron chi connectivity index (χ3n) is 3.59. The molecule has 9 heteroatoms. The highest BCUT2D eigenvalue weighted by atomic mass is 19.1. The van der Waals surface area contributed by atoms with Crippen molar-refractivity contribution in [1.29, 1.82) is 0 Å². The molecule has 1 amide bonds. The molecule has 8 nitrogen and oxygen atoms in total. The summed E-state index contributed by atoms with van der Waals surface area (Å²) >= 11 is 0. The molecule has 30 heavy (non-hydrogen) atoms. The van der Waals surface area contributed by atoms with Crippen LogP contribution in [0.1, 0.15) is 31.9 Å². The predicted molar refractivity (Wildman–Crippen MR) is 114 cm³/mol. The molecule has 2 rings (SSSR count). The Balaban J connectivity index is 2.05. The van der Waals surface area contributed by atoms with E-state index in [0.717, 1.165) is 5.56 Å². The standard InChI is InChI=1S/C21H26FN5O3/c1-21(2,3)30-20(28)25-12-18(26-27-19(23)24)15-6-10-17(11-7-15)29-13-14-4-8-16(22)9-5-14/h4-11H,12-13H2,1-3H3,(H,25,28)(H4,23,24,27)/b26-18+. The normalized spacial score (nSPS) is 11.5. The molecule has 0 atom stereocenters. The molecule has 5 N–H and O–H groups in total. The highest BCUT2D eigenvalue weighted by Gasteiger charge is 2.16. The van der Waals surface area contributed by atoms with Crippen LogP contribution in [0.25, 0.3) is 0 Å². The van der Waals surface area contributed by atoms with Gasteiger partial charge in [-0.1, -0.05) is 12.1 Å². The Morgan fingerprint density at radius 3 is 2.23 bits per heavy atom. The van der Waals surface area contributed by atoms with E-state index in [1.54, 1.807) is 57.2 Å². The fourth-order valence-electron chi connectivity index (χ4n) is 2.27. The summed E-state index contributed by atoms with van der Waals surface area (Å²) in [6.07, 6.45) is -0.584. The molecule has 0 aliphatic heterocycles. The van der Waals surface area contributed by atoms with Gasteiger partial charge in [0.05, 0.1) is 12.3 Å². The Bertz CT molecular complexity index is 900. The molecule has 0 fully saturated rings.